The minimum atomic E-state index is -2.14. The summed E-state index contributed by atoms with van der Waals surface area (Å²) in [5.74, 6) is 0.200. The largest absolute Gasteiger partial charge is 0.490 e. The molecule has 2 bridgehead atoms. The number of nitrogens with zero attached hydrogens (tertiary/aromatic N) is 2. The van der Waals surface area contributed by atoms with Crippen LogP contribution in [0.25, 0.3) is 0 Å². The van der Waals surface area contributed by atoms with Gasteiger partial charge in [-0.15, -0.1) is 0 Å². The van der Waals surface area contributed by atoms with Gasteiger partial charge in [-0.1, -0.05) is 42.5 Å². The van der Waals surface area contributed by atoms with Gasteiger partial charge in [0, 0.05) is 55.8 Å². The van der Waals surface area contributed by atoms with Crippen LogP contribution in [0, 0.1) is 11.8 Å². The second-order valence-corrected chi connectivity index (χ2v) is 14.0. The Kier molecular flexibility index (Phi) is 8.50. The first-order chi connectivity index (χ1) is 21.0. The summed E-state index contributed by atoms with van der Waals surface area (Å²) in [4.78, 5) is 17.1. The summed E-state index contributed by atoms with van der Waals surface area (Å²) in [5, 5.41) is 23.0. The van der Waals surface area contributed by atoms with Crippen LogP contribution in [0.5, 0.6) is 5.75 Å². The molecule has 0 amide bonds. The molecule has 0 saturated heterocycles. The van der Waals surface area contributed by atoms with Crippen LogP contribution >= 0.6 is 11.6 Å². The molecule has 2 aliphatic carbocycles. The molecule has 6 atom stereocenters. The molecule has 0 radical (unpaired) electrons. The highest BCUT2D eigenvalue weighted by Crippen LogP contribution is 2.48. The number of anilines is 1. The van der Waals surface area contributed by atoms with Crippen molar-refractivity contribution >= 4 is 23.3 Å². The van der Waals surface area contributed by atoms with E-state index < -0.39 is 11.6 Å². The van der Waals surface area contributed by atoms with Gasteiger partial charge in [0.1, 0.15) is 5.75 Å². The number of aliphatic hydroxyl groups is 1. The summed E-state index contributed by atoms with van der Waals surface area (Å²) >= 11 is 6.43. The summed E-state index contributed by atoms with van der Waals surface area (Å²) in [6, 6.07) is 11.7. The molecule has 2 aliphatic heterocycles. The Morgan fingerprint density at radius 1 is 1.20 bits per heavy atom. The summed E-state index contributed by atoms with van der Waals surface area (Å²) in [6.07, 6.45) is 10.2. The molecule has 2 aromatic carbocycles. The first kappa shape index (κ1) is 31.0. The SMILES string of the molecule is C=C1C[C@](O)(C(=O)O)c2ccc3c(c2)N(C[C@@H]2CC[C@H]2[C@@H](OC)/C=C/C[C@H](C)N1C)C[C@@]1(CCCc2cc(Cl)ccc21)CO3. The maximum absolute atomic E-state index is 12.8. The minimum Gasteiger partial charge on any atom is -0.490 e. The van der Waals surface area contributed by atoms with Crippen LogP contribution in [0.2, 0.25) is 5.02 Å². The van der Waals surface area contributed by atoms with Crippen LogP contribution < -0.4 is 9.64 Å². The smallest absolute Gasteiger partial charge is 0.340 e. The molecule has 4 aliphatic rings. The number of ether oxygens (including phenoxy) is 2. The van der Waals surface area contributed by atoms with Gasteiger partial charge in [0.15, 0.2) is 5.60 Å². The number of fused-ring (bicyclic) bond motifs is 4. The molecule has 8 heteroatoms. The number of halogens is 1. The molecule has 0 unspecified atom stereocenters. The summed E-state index contributed by atoms with van der Waals surface area (Å²) in [6.45, 7) is 8.32. The number of carbonyl (C=O) groups is 1. The number of carboxylic acids is 1. The average molecular weight is 621 g/mol. The summed E-state index contributed by atoms with van der Waals surface area (Å²) in [7, 11) is 3.70. The zero-order valence-corrected chi connectivity index (χ0v) is 26.9. The predicted octanol–water partition coefficient (Wildman–Crippen LogP) is 6.31. The summed E-state index contributed by atoms with van der Waals surface area (Å²) < 4.78 is 12.7. The topological polar surface area (TPSA) is 82.5 Å². The van der Waals surface area contributed by atoms with Crippen LogP contribution in [0.15, 0.2) is 60.8 Å². The Balaban J connectivity index is 1.47. The first-order valence-corrected chi connectivity index (χ1v) is 16.3. The van der Waals surface area contributed by atoms with E-state index in [1.54, 1.807) is 13.2 Å². The van der Waals surface area contributed by atoms with E-state index >= 15 is 0 Å². The van der Waals surface area contributed by atoms with Crippen LogP contribution in [0.1, 0.15) is 62.1 Å². The maximum Gasteiger partial charge on any atom is 0.340 e. The van der Waals surface area contributed by atoms with Gasteiger partial charge in [-0.3, -0.25) is 0 Å². The van der Waals surface area contributed by atoms with Crippen LogP contribution in [-0.4, -0.2) is 67.1 Å². The van der Waals surface area contributed by atoms with Crippen molar-refractivity contribution in [2.75, 3.05) is 38.8 Å². The molecule has 1 fully saturated rings. The lowest BCUT2D eigenvalue weighted by molar-refractivity contribution is -0.160. The number of methoxy groups -OCH3 is 1. The summed E-state index contributed by atoms with van der Waals surface area (Å²) in [5.41, 5.74) is 1.89. The van der Waals surface area contributed by atoms with Gasteiger partial charge in [-0.25, -0.2) is 4.79 Å². The third-order valence-corrected chi connectivity index (χ3v) is 11.2. The zero-order chi connectivity index (χ0) is 31.2. The van der Waals surface area contributed by atoms with Gasteiger partial charge in [0.25, 0.3) is 0 Å². The lowest BCUT2D eigenvalue weighted by Crippen LogP contribution is -2.49. The van der Waals surface area contributed by atoms with Gasteiger partial charge >= 0.3 is 5.97 Å². The molecule has 2 heterocycles. The van der Waals surface area contributed by atoms with E-state index in [0.717, 1.165) is 62.3 Å². The monoisotopic (exact) mass is 620 g/mol. The van der Waals surface area contributed by atoms with Crippen molar-refractivity contribution in [3.8, 4) is 5.75 Å². The highest BCUT2D eigenvalue weighted by atomic mass is 35.5. The van der Waals surface area contributed by atoms with Crippen molar-refractivity contribution in [1.29, 1.82) is 0 Å². The van der Waals surface area contributed by atoms with E-state index in [9.17, 15) is 15.0 Å². The van der Waals surface area contributed by atoms with Crippen molar-refractivity contribution in [1.82, 2.24) is 4.90 Å². The standard InChI is InChI=1S/C36H45ClN2O5/c1-23-7-5-9-32(43-4)29-13-10-26(29)20-39-21-35(16-6-8-25-17-28(37)12-14-30(25)35)22-44-33-15-11-27(18-31(33)39)36(42,34(40)41)19-24(2)38(23)3/h5,9,11-12,14-15,17-18,23,26,29,32,42H,2,6-8,10,13,16,19-22H2,1,3-4H3,(H,40,41)/b9-5+/t23-,26-,29+,32-,35-,36+/m0/s1. The van der Waals surface area contributed by atoms with Gasteiger partial charge in [0.05, 0.1) is 18.4 Å². The lowest BCUT2D eigenvalue weighted by atomic mass is 9.68. The number of aryl methyl sites for hydroxylation is 1. The highest BCUT2D eigenvalue weighted by molar-refractivity contribution is 6.30. The second kappa shape index (κ2) is 12.1. The third-order valence-electron chi connectivity index (χ3n) is 10.9. The molecule has 1 saturated carbocycles. The molecule has 44 heavy (non-hydrogen) atoms. The van der Waals surface area contributed by atoms with E-state index in [4.69, 9.17) is 21.1 Å². The fraction of sp³-hybridized carbons (Fsp3) is 0.528. The van der Waals surface area contributed by atoms with Crippen LogP contribution in [0.3, 0.4) is 0 Å². The van der Waals surface area contributed by atoms with Gasteiger partial charge in [-0.2, -0.15) is 0 Å². The van der Waals surface area contributed by atoms with E-state index in [1.165, 1.54) is 11.1 Å². The average Bonchev–Trinajstić information content (AvgIpc) is 3.14. The Labute approximate surface area is 266 Å². The molecule has 2 N–H and O–H groups in total. The number of hydrogen-bond donors (Lipinski definition) is 2. The van der Waals surface area contributed by atoms with Crippen molar-refractivity contribution in [2.45, 2.75) is 75.0 Å². The normalized spacial score (nSPS) is 33.0. The van der Waals surface area contributed by atoms with Crippen LogP contribution in [0.4, 0.5) is 5.69 Å². The van der Waals surface area contributed by atoms with Crippen LogP contribution in [-0.2, 0) is 27.0 Å². The third kappa shape index (κ3) is 5.52. The van der Waals surface area contributed by atoms with Gasteiger partial charge in [-0.05, 0) is 98.2 Å². The van der Waals surface area contributed by atoms with E-state index in [-0.39, 0.29) is 24.0 Å². The van der Waals surface area contributed by atoms with E-state index in [0.29, 0.717) is 35.5 Å². The number of aliphatic carboxylic acids is 1. The molecular weight excluding hydrogens is 576 g/mol. The number of carboxylic acid groups (broad SMARTS) is 1. The maximum atomic E-state index is 12.8. The lowest BCUT2D eigenvalue weighted by Gasteiger charge is -2.46. The zero-order valence-electron chi connectivity index (χ0n) is 26.1. The molecule has 7 nitrogen and oxygen atoms in total. The van der Waals surface area contributed by atoms with Crippen molar-refractivity contribution in [3.05, 3.63) is 82.5 Å². The van der Waals surface area contributed by atoms with Crippen molar-refractivity contribution in [2.24, 2.45) is 11.8 Å². The Bertz CT molecular complexity index is 1460. The van der Waals surface area contributed by atoms with Crippen molar-refractivity contribution < 1.29 is 24.5 Å². The quantitative estimate of drug-likeness (QED) is 0.381. The fourth-order valence-electron chi connectivity index (χ4n) is 7.91. The molecular formula is C36H45ClN2O5. The van der Waals surface area contributed by atoms with Gasteiger partial charge in [0.2, 0.25) is 0 Å². The molecule has 1 spiro atoms. The molecule has 0 aromatic heterocycles. The molecule has 6 rings (SSSR count). The molecule has 236 valence electrons. The Morgan fingerprint density at radius 2 is 2.02 bits per heavy atom. The Hall–Kier alpha value is -3.00. The van der Waals surface area contributed by atoms with Crippen molar-refractivity contribution in [3.63, 3.8) is 0 Å². The van der Waals surface area contributed by atoms with Gasteiger partial charge < -0.3 is 29.5 Å². The Morgan fingerprint density at radius 3 is 2.75 bits per heavy atom. The molecule has 2 aromatic rings. The highest BCUT2D eigenvalue weighted by Gasteiger charge is 2.46. The number of rotatable bonds is 2. The first-order valence-electron chi connectivity index (χ1n) is 15.9. The predicted molar refractivity (Wildman–Crippen MR) is 174 cm³/mol. The minimum absolute atomic E-state index is 0.0278. The number of hydrogen-bond acceptors (Lipinski definition) is 6. The second-order valence-electron chi connectivity index (χ2n) is 13.5. The number of benzene rings is 2. The fourth-order valence-corrected chi connectivity index (χ4v) is 8.10. The van der Waals surface area contributed by atoms with E-state index in [2.05, 4.69) is 42.7 Å². The van der Waals surface area contributed by atoms with E-state index in [1.807, 2.05) is 30.1 Å².